The molecular formula is C21H30N2O5. The molecule has 7 nitrogen and oxygen atoms in total. The number of nitrogens with zero attached hydrogens (tertiary/aromatic N) is 1. The molecule has 0 radical (unpaired) electrons. The Kier molecular flexibility index (Phi) is 7.18. The van der Waals surface area contributed by atoms with Crippen LogP contribution in [0.3, 0.4) is 0 Å². The predicted octanol–water partition coefficient (Wildman–Crippen LogP) is 1.89. The largest absolute Gasteiger partial charge is 0.451 e. The zero-order valence-electron chi connectivity index (χ0n) is 17.3. The Hall–Kier alpha value is -2.41. The van der Waals surface area contributed by atoms with Gasteiger partial charge in [0.25, 0.3) is 11.8 Å². The minimum Gasteiger partial charge on any atom is -0.451 e. The lowest BCUT2D eigenvalue weighted by molar-refractivity contribution is -0.162. The maximum Gasteiger partial charge on any atom is 0.329 e. The molecule has 7 heteroatoms. The smallest absolute Gasteiger partial charge is 0.329 e. The minimum atomic E-state index is -0.906. The summed E-state index contributed by atoms with van der Waals surface area (Å²) in [6.45, 7) is 11.3. The molecular weight excluding hydrogens is 360 g/mol. The van der Waals surface area contributed by atoms with E-state index in [0.29, 0.717) is 31.9 Å². The Balaban J connectivity index is 1.88. The Labute approximate surface area is 166 Å². The van der Waals surface area contributed by atoms with Crippen molar-refractivity contribution in [1.82, 2.24) is 10.2 Å². The minimum absolute atomic E-state index is 0.00470. The van der Waals surface area contributed by atoms with Crippen LogP contribution in [0.2, 0.25) is 0 Å². The summed E-state index contributed by atoms with van der Waals surface area (Å²) in [5, 5.41) is 2.62. The molecule has 28 heavy (non-hydrogen) atoms. The highest BCUT2D eigenvalue weighted by molar-refractivity contribution is 5.97. The van der Waals surface area contributed by atoms with Crippen molar-refractivity contribution in [2.45, 2.75) is 52.2 Å². The molecule has 2 rings (SSSR count). The molecule has 0 aliphatic carbocycles. The zero-order chi connectivity index (χ0) is 20.9. The lowest BCUT2D eigenvalue weighted by atomic mass is 9.86. The third-order valence-electron chi connectivity index (χ3n) is 4.68. The number of rotatable bonds is 5. The van der Waals surface area contributed by atoms with Crippen LogP contribution in [0.15, 0.2) is 24.3 Å². The number of esters is 1. The maximum atomic E-state index is 12.4. The van der Waals surface area contributed by atoms with Gasteiger partial charge < -0.3 is 19.7 Å². The van der Waals surface area contributed by atoms with Crippen LogP contribution in [-0.4, -0.2) is 61.1 Å². The number of carbonyl (C=O) groups is 3. The van der Waals surface area contributed by atoms with Gasteiger partial charge in [-0.2, -0.15) is 0 Å². The number of hydrogen-bond donors (Lipinski definition) is 1. The second kappa shape index (κ2) is 9.19. The van der Waals surface area contributed by atoms with Crippen molar-refractivity contribution in [3.05, 3.63) is 35.4 Å². The topological polar surface area (TPSA) is 84.9 Å². The Morgan fingerprint density at radius 2 is 1.64 bits per heavy atom. The molecule has 1 saturated heterocycles. The van der Waals surface area contributed by atoms with Crippen molar-refractivity contribution in [1.29, 1.82) is 0 Å². The molecule has 0 aromatic heterocycles. The monoisotopic (exact) mass is 390 g/mol. The number of hydrogen-bond acceptors (Lipinski definition) is 5. The Bertz CT molecular complexity index is 703. The van der Waals surface area contributed by atoms with Crippen LogP contribution in [0.4, 0.5) is 0 Å². The molecule has 2 atom stereocenters. The summed E-state index contributed by atoms with van der Waals surface area (Å²) in [5.41, 5.74) is 1.58. The van der Waals surface area contributed by atoms with Crippen LogP contribution in [-0.2, 0) is 24.5 Å². The highest BCUT2D eigenvalue weighted by Gasteiger charge is 2.27. The van der Waals surface area contributed by atoms with Crippen LogP contribution in [0.5, 0.6) is 0 Å². The van der Waals surface area contributed by atoms with Crippen molar-refractivity contribution >= 4 is 17.8 Å². The lowest BCUT2D eigenvalue weighted by Gasteiger charge is -2.29. The molecule has 1 aromatic carbocycles. The fourth-order valence-electron chi connectivity index (χ4n) is 2.83. The third kappa shape index (κ3) is 5.79. The number of benzene rings is 1. The van der Waals surface area contributed by atoms with Gasteiger partial charge in [-0.3, -0.25) is 9.59 Å². The number of amides is 2. The zero-order valence-corrected chi connectivity index (χ0v) is 17.3. The second-order valence-electron chi connectivity index (χ2n) is 8.04. The van der Waals surface area contributed by atoms with Gasteiger partial charge in [0.1, 0.15) is 6.04 Å². The highest BCUT2D eigenvalue weighted by Crippen LogP contribution is 2.22. The van der Waals surface area contributed by atoms with E-state index in [1.54, 1.807) is 17.0 Å². The summed E-state index contributed by atoms with van der Waals surface area (Å²) in [7, 11) is 0. The lowest BCUT2D eigenvalue weighted by Crippen LogP contribution is -2.47. The van der Waals surface area contributed by atoms with E-state index >= 15 is 0 Å². The van der Waals surface area contributed by atoms with Crippen molar-refractivity contribution in [2.24, 2.45) is 0 Å². The summed E-state index contributed by atoms with van der Waals surface area (Å²) in [4.78, 5) is 38.6. The molecule has 1 aliphatic heterocycles. The summed E-state index contributed by atoms with van der Waals surface area (Å²) < 4.78 is 10.5. The van der Waals surface area contributed by atoms with Gasteiger partial charge in [-0.25, -0.2) is 4.79 Å². The van der Waals surface area contributed by atoms with Gasteiger partial charge in [-0.1, -0.05) is 32.9 Å². The first-order valence-electron chi connectivity index (χ1n) is 9.58. The standard InChI is InChI=1S/C21H30N2O5/c1-14(20(26)28-15(2)19(25)23-10-12-27-13-11-23)22-18(24)16-6-8-17(9-7-16)21(3,4)5/h6-9,14-15H,10-13H2,1-5H3,(H,22,24)/t14-,15+/m0/s1. The highest BCUT2D eigenvalue weighted by atomic mass is 16.5. The van der Waals surface area contributed by atoms with E-state index in [1.807, 2.05) is 12.1 Å². The number of ether oxygens (including phenoxy) is 2. The van der Waals surface area contributed by atoms with E-state index in [4.69, 9.17) is 9.47 Å². The average Bonchev–Trinajstić information content (AvgIpc) is 2.67. The molecule has 1 aromatic rings. The van der Waals surface area contributed by atoms with E-state index in [-0.39, 0.29) is 17.2 Å². The van der Waals surface area contributed by atoms with Gasteiger partial charge in [-0.05, 0) is 37.0 Å². The molecule has 0 spiro atoms. The normalized spacial score (nSPS) is 16.8. The van der Waals surface area contributed by atoms with E-state index in [9.17, 15) is 14.4 Å². The summed E-state index contributed by atoms with van der Waals surface area (Å²) in [6.07, 6.45) is -0.906. The summed E-state index contributed by atoms with van der Waals surface area (Å²) in [5.74, 6) is -1.27. The van der Waals surface area contributed by atoms with Crippen molar-refractivity contribution in [2.75, 3.05) is 26.3 Å². The molecule has 2 amide bonds. The van der Waals surface area contributed by atoms with Crippen LogP contribution >= 0.6 is 0 Å². The van der Waals surface area contributed by atoms with E-state index in [0.717, 1.165) is 5.56 Å². The van der Waals surface area contributed by atoms with Crippen molar-refractivity contribution in [3.8, 4) is 0 Å². The predicted molar refractivity (Wildman–Crippen MR) is 105 cm³/mol. The Morgan fingerprint density at radius 1 is 1.07 bits per heavy atom. The number of nitrogens with one attached hydrogen (secondary N) is 1. The quantitative estimate of drug-likeness (QED) is 0.776. The maximum absolute atomic E-state index is 12.4. The fraction of sp³-hybridized carbons (Fsp3) is 0.571. The number of carbonyl (C=O) groups excluding carboxylic acids is 3. The summed E-state index contributed by atoms with van der Waals surface area (Å²) in [6, 6.07) is 6.41. The van der Waals surface area contributed by atoms with E-state index < -0.39 is 18.1 Å². The second-order valence-corrected chi connectivity index (χ2v) is 8.04. The third-order valence-corrected chi connectivity index (χ3v) is 4.68. The number of morpholine rings is 1. The van der Waals surface area contributed by atoms with Gasteiger partial charge >= 0.3 is 5.97 Å². The van der Waals surface area contributed by atoms with Gasteiger partial charge in [0.15, 0.2) is 6.10 Å². The molecule has 0 bridgehead atoms. The average molecular weight is 390 g/mol. The first-order valence-corrected chi connectivity index (χ1v) is 9.58. The van der Waals surface area contributed by atoms with Crippen molar-refractivity contribution in [3.63, 3.8) is 0 Å². The van der Waals surface area contributed by atoms with E-state index in [1.165, 1.54) is 13.8 Å². The van der Waals surface area contributed by atoms with E-state index in [2.05, 4.69) is 26.1 Å². The summed E-state index contributed by atoms with van der Waals surface area (Å²) >= 11 is 0. The molecule has 0 saturated carbocycles. The van der Waals surface area contributed by atoms with Gasteiger partial charge in [-0.15, -0.1) is 0 Å². The van der Waals surface area contributed by atoms with Gasteiger partial charge in [0.05, 0.1) is 13.2 Å². The van der Waals surface area contributed by atoms with Crippen LogP contribution in [0, 0.1) is 0 Å². The van der Waals surface area contributed by atoms with Crippen LogP contribution in [0.25, 0.3) is 0 Å². The van der Waals surface area contributed by atoms with Crippen molar-refractivity contribution < 1.29 is 23.9 Å². The Morgan fingerprint density at radius 3 is 2.18 bits per heavy atom. The molecule has 1 heterocycles. The van der Waals surface area contributed by atoms with Gasteiger partial charge in [0.2, 0.25) is 0 Å². The SMILES string of the molecule is C[C@H](NC(=O)c1ccc(C(C)(C)C)cc1)C(=O)O[C@H](C)C(=O)N1CCOCC1. The van der Waals surface area contributed by atoms with Gasteiger partial charge in [0, 0.05) is 18.7 Å². The molecule has 154 valence electrons. The first kappa shape index (κ1) is 21.9. The fourth-order valence-corrected chi connectivity index (χ4v) is 2.83. The van der Waals surface area contributed by atoms with Crippen LogP contribution < -0.4 is 5.32 Å². The van der Waals surface area contributed by atoms with Crippen LogP contribution in [0.1, 0.15) is 50.5 Å². The molecule has 1 aliphatic rings. The molecule has 0 unspecified atom stereocenters. The molecule has 1 fully saturated rings. The molecule has 1 N–H and O–H groups in total. The first-order chi connectivity index (χ1) is 13.1.